The summed E-state index contributed by atoms with van der Waals surface area (Å²) in [6.45, 7) is 6.66. The van der Waals surface area contributed by atoms with Crippen LogP contribution in [0.3, 0.4) is 0 Å². The van der Waals surface area contributed by atoms with Crippen LogP contribution in [0.15, 0.2) is 24.3 Å². The molecule has 0 saturated carbocycles. The van der Waals surface area contributed by atoms with Gasteiger partial charge in [-0.05, 0) is 53.9 Å². The largest absolute Gasteiger partial charge is 0.454 e. The van der Waals surface area contributed by atoms with Crippen LogP contribution < -0.4 is 20.1 Å². The van der Waals surface area contributed by atoms with Crippen molar-refractivity contribution in [1.29, 1.82) is 5.26 Å². The number of anilines is 2. The number of halogens is 3. The van der Waals surface area contributed by atoms with E-state index < -0.39 is 24.2 Å². The van der Waals surface area contributed by atoms with Gasteiger partial charge in [0.15, 0.2) is 23.2 Å². The molecular weight excluding hydrogens is 543 g/mol. The average Bonchev–Trinajstić information content (AvgIpc) is 3.61. The highest BCUT2D eigenvalue weighted by Crippen LogP contribution is 2.46. The summed E-state index contributed by atoms with van der Waals surface area (Å²) in [4.78, 5) is 14.3. The number of hydrogen-bond donors (Lipinski definition) is 2. The maximum absolute atomic E-state index is 14.2. The number of carbonyl (C=O) groups excluding carboxylic acids is 1. The summed E-state index contributed by atoms with van der Waals surface area (Å²) < 4.78 is 54.0. The SMILES string of the molecule is CC(C)(C)[C@H]1CCc2c(sc(NC(=O)c3cc4n(n3)[C@@H](C(F)(F)F)C[C@H](c3ccc5c(c3)OCO5)N4)c2C#N)C1. The average molecular weight is 572 g/mol. The summed E-state index contributed by atoms with van der Waals surface area (Å²) in [7, 11) is 0. The van der Waals surface area contributed by atoms with E-state index in [0.29, 0.717) is 33.5 Å². The Kier molecular flexibility index (Phi) is 6.25. The van der Waals surface area contributed by atoms with Crippen molar-refractivity contribution in [2.75, 3.05) is 17.4 Å². The number of aromatic nitrogens is 2. The van der Waals surface area contributed by atoms with Gasteiger partial charge in [-0.15, -0.1) is 11.3 Å². The molecule has 1 amide bonds. The molecule has 3 aromatic rings. The maximum Gasteiger partial charge on any atom is 0.410 e. The van der Waals surface area contributed by atoms with E-state index >= 15 is 0 Å². The Hall–Kier alpha value is -3.72. The molecule has 3 atom stereocenters. The number of hydrogen-bond acceptors (Lipinski definition) is 7. The summed E-state index contributed by atoms with van der Waals surface area (Å²) in [6.07, 6.45) is -2.37. The standard InChI is InChI=1S/C28H28F3N5O3S/c1-27(2,3)15-5-6-16-17(12-32)26(40-22(16)9-15)34-25(37)19-11-24-33-18(10-23(28(29,30)31)36(24)35-19)14-4-7-20-21(8-14)39-13-38-20/h4,7-8,11,15,18,23,33H,5-6,9-10,13H2,1-3H3,(H,34,37)/t15-,18+,23+/m0/s1. The smallest absolute Gasteiger partial charge is 0.410 e. The van der Waals surface area contributed by atoms with Crippen molar-refractivity contribution in [2.24, 2.45) is 11.3 Å². The van der Waals surface area contributed by atoms with Gasteiger partial charge in [-0.1, -0.05) is 26.8 Å². The van der Waals surface area contributed by atoms with Crippen molar-refractivity contribution in [3.63, 3.8) is 0 Å². The van der Waals surface area contributed by atoms with E-state index in [1.807, 2.05) is 0 Å². The van der Waals surface area contributed by atoms with Crippen LogP contribution in [0.1, 0.15) is 77.8 Å². The van der Waals surface area contributed by atoms with Crippen molar-refractivity contribution in [2.45, 2.75) is 64.7 Å². The van der Waals surface area contributed by atoms with Gasteiger partial charge in [-0.2, -0.15) is 23.5 Å². The van der Waals surface area contributed by atoms with Crippen LogP contribution in [0, 0.1) is 22.7 Å². The molecule has 2 aliphatic heterocycles. The minimum Gasteiger partial charge on any atom is -0.454 e. The summed E-state index contributed by atoms with van der Waals surface area (Å²) in [5.41, 5.74) is 1.95. The third kappa shape index (κ3) is 4.66. The van der Waals surface area contributed by atoms with Gasteiger partial charge in [0.25, 0.3) is 5.91 Å². The molecule has 0 bridgehead atoms. The molecule has 0 fully saturated rings. The number of amides is 1. The van der Waals surface area contributed by atoms with Crippen LogP contribution in [0.2, 0.25) is 0 Å². The first kappa shape index (κ1) is 26.5. The van der Waals surface area contributed by atoms with Gasteiger partial charge in [0.2, 0.25) is 6.79 Å². The third-order valence-electron chi connectivity index (χ3n) is 8.05. The van der Waals surface area contributed by atoms with E-state index in [4.69, 9.17) is 9.47 Å². The molecule has 3 aliphatic rings. The Morgan fingerprint density at radius 1 is 1.23 bits per heavy atom. The van der Waals surface area contributed by atoms with E-state index in [0.717, 1.165) is 34.4 Å². The Morgan fingerprint density at radius 2 is 2.00 bits per heavy atom. The molecule has 210 valence electrons. The summed E-state index contributed by atoms with van der Waals surface area (Å²) in [5, 5.41) is 20.2. The third-order valence-corrected chi connectivity index (χ3v) is 9.22. The van der Waals surface area contributed by atoms with Crippen LogP contribution in [0.5, 0.6) is 11.5 Å². The monoisotopic (exact) mass is 571 g/mol. The topological polar surface area (TPSA) is 101 Å². The first-order valence-corrected chi connectivity index (χ1v) is 13.9. The molecule has 12 heteroatoms. The van der Waals surface area contributed by atoms with Gasteiger partial charge < -0.3 is 20.1 Å². The van der Waals surface area contributed by atoms with E-state index in [1.54, 1.807) is 18.2 Å². The first-order valence-electron chi connectivity index (χ1n) is 13.1. The van der Waals surface area contributed by atoms with Crippen LogP contribution in [0.4, 0.5) is 24.0 Å². The lowest BCUT2D eigenvalue weighted by molar-refractivity contribution is -0.173. The van der Waals surface area contributed by atoms with Gasteiger partial charge in [-0.25, -0.2) is 4.68 Å². The highest BCUT2D eigenvalue weighted by atomic mass is 32.1. The van der Waals surface area contributed by atoms with E-state index in [2.05, 4.69) is 42.6 Å². The predicted octanol–water partition coefficient (Wildman–Crippen LogP) is 6.61. The Labute approximate surface area is 233 Å². The number of nitrogens with zero attached hydrogens (tertiary/aromatic N) is 3. The number of benzene rings is 1. The number of thiophene rings is 1. The van der Waals surface area contributed by atoms with Gasteiger partial charge in [0, 0.05) is 17.4 Å². The minimum atomic E-state index is -4.59. The number of carbonyl (C=O) groups is 1. The molecule has 8 nitrogen and oxygen atoms in total. The van der Waals surface area contributed by atoms with Crippen molar-refractivity contribution >= 4 is 28.1 Å². The fourth-order valence-electron chi connectivity index (χ4n) is 5.73. The quantitative estimate of drug-likeness (QED) is 0.367. The second kappa shape index (κ2) is 9.44. The lowest BCUT2D eigenvalue weighted by atomic mass is 9.72. The molecule has 6 rings (SSSR count). The molecule has 40 heavy (non-hydrogen) atoms. The number of nitriles is 1. The van der Waals surface area contributed by atoms with Crippen molar-refractivity contribution < 1.29 is 27.4 Å². The normalized spacial score (nSPS) is 21.7. The predicted molar refractivity (Wildman–Crippen MR) is 143 cm³/mol. The highest BCUT2D eigenvalue weighted by molar-refractivity contribution is 7.16. The zero-order valence-electron chi connectivity index (χ0n) is 22.2. The number of rotatable bonds is 3. The fraction of sp³-hybridized carbons (Fsp3) is 0.464. The first-order chi connectivity index (χ1) is 18.9. The van der Waals surface area contributed by atoms with Crippen LogP contribution in [0.25, 0.3) is 0 Å². The van der Waals surface area contributed by atoms with Gasteiger partial charge in [0.1, 0.15) is 16.9 Å². The van der Waals surface area contributed by atoms with E-state index in [9.17, 15) is 23.2 Å². The van der Waals surface area contributed by atoms with E-state index in [-0.39, 0.29) is 30.1 Å². The number of alkyl halides is 3. The van der Waals surface area contributed by atoms with Crippen molar-refractivity contribution in [1.82, 2.24) is 9.78 Å². The summed E-state index contributed by atoms with van der Waals surface area (Å²) >= 11 is 1.37. The maximum atomic E-state index is 14.2. The molecule has 0 spiro atoms. The Balaban J connectivity index is 1.27. The van der Waals surface area contributed by atoms with Gasteiger partial charge in [0.05, 0.1) is 11.6 Å². The van der Waals surface area contributed by atoms with Crippen LogP contribution in [-0.2, 0) is 12.8 Å². The van der Waals surface area contributed by atoms with Crippen molar-refractivity contribution in [3.05, 3.63) is 51.5 Å². The van der Waals surface area contributed by atoms with E-state index in [1.165, 1.54) is 17.4 Å². The summed E-state index contributed by atoms with van der Waals surface area (Å²) in [6, 6.07) is 5.96. The zero-order valence-corrected chi connectivity index (χ0v) is 23.0. The van der Waals surface area contributed by atoms with Gasteiger partial charge in [-0.3, -0.25) is 4.79 Å². The van der Waals surface area contributed by atoms with Crippen LogP contribution in [-0.4, -0.2) is 28.7 Å². The van der Waals surface area contributed by atoms with Crippen molar-refractivity contribution in [3.8, 4) is 17.6 Å². The Bertz CT molecular complexity index is 1530. The number of nitrogens with one attached hydrogen (secondary N) is 2. The Morgan fingerprint density at radius 3 is 2.73 bits per heavy atom. The minimum absolute atomic E-state index is 0.0607. The number of fused-ring (bicyclic) bond motifs is 3. The molecular formula is C28H28F3N5O3S. The van der Waals surface area contributed by atoms with Crippen LogP contribution >= 0.6 is 11.3 Å². The number of ether oxygens (including phenoxy) is 2. The molecule has 4 heterocycles. The fourth-order valence-corrected chi connectivity index (χ4v) is 7.00. The zero-order chi connectivity index (χ0) is 28.4. The molecule has 0 saturated heterocycles. The molecule has 0 unspecified atom stereocenters. The summed E-state index contributed by atoms with van der Waals surface area (Å²) in [5.74, 6) is 0.892. The second-order valence-corrected chi connectivity index (χ2v) is 12.6. The van der Waals surface area contributed by atoms with Gasteiger partial charge >= 0.3 is 6.18 Å². The molecule has 1 aliphatic carbocycles. The molecule has 1 aromatic carbocycles. The highest BCUT2D eigenvalue weighted by Gasteiger charge is 2.47. The lowest BCUT2D eigenvalue weighted by Gasteiger charge is -2.33. The molecule has 0 radical (unpaired) electrons. The molecule has 2 N–H and O–H groups in total. The second-order valence-electron chi connectivity index (χ2n) is 11.5. The molecule has 2 aromatic heterocycles. The lowest BCUT2D eigenvalue weighted by Crippen LogP contribution is -2.35.